The third-order valence-corrected chi connectivity index (χ3v) is 5.64. The van der Waals surface area contributed by atoms with Crippen LogP contribution in [0.15, 0.2) is 30.5 Å². The number of aromatic nitrogens is 2. The summed E-state index contributed by atoms with van der Waals surface area (Å²) in [6.07, 6.45) is 4.96. The maximum absolute atomic E-state index is 12.8. The van der Waals surface area contributed by atoms with Crippen LogP contribution in [0.3, 0.4) is 0 Å². The smallest absolute Gasteiger partial charge is 0.254 e. The molecule has 0 spiro atoms. The van der Waals surface area contributed by atoms with Gasteiger partial charge in [0.2, 0.25) is 0 Å². The highest BCUT2D eigenvalue weighted by molar-refractivity contribution is 5.94. The minimum absolute atomic E-state index is 0.0268. The minimum Gasteiger partial charge on any atom is -0.497 e. The van der Waals surface area contributed by atoms with E-state index in [0.717, 1.165) is 49.4 Å². The highest BCUT2D eigenvalue weighted by Crippen LogP contribution is 2.27. The number of carbonyl (C=O) groups is 1. The SMILES string of the molecule is COc1cccc(C(=O)N2CCc3nc(C4CCN(C)CC4)ncc3C2)c1. The van der Waals surface area contributed by atoms with Crippen molar-refractivity contribution in [3.63, 3.8) is 0 Å². The van der Waals surface area contributed by atoms with Gasteiger partial charge in [0.15, 0.2) is 0 Å². The van der Waals surface area contributed by atoms with Crippen molar-refractivity contribution in [2.75, 3.05) is 33.8 Å². The van der Waals surface area contributed by atoms with Crippen LogP contribution in [0.25, 0.3) is 0 Å². The molecule has 0 aliphatic carbocycles. The third kappa shape index (κ3) is 3.81. The Labute approximate surface area is 160 Å². The molecule has 142 valence electrons. The summed E-state index contributed by atoms with van der Waals surface area (Å²) in [5, 5.41) is 0. The van der Waals surface area contributed by atoms with Crippen LogP contribution in [-0.4, -0.2) is 59.5 Å². The molecule has 2 aromatic rings. The highest BCUT2D eigenvalue weighted by atomic mass is 16.5. The molecule has 0 unspecified atom stereocenters. The summed E-state index contributed by atoms with van der Waals surface area (Å²) in [6.45, 7) is 3.47. The van der Waals surface area contributed by atoms with Crippen molar-refractivity contribution in [1.29, 1.82) is 0 Å². The molecule has 2 aliphatic rings. The number of rotatable bonds is 3. The van der Waals surface area contributed by atoms with Gasteiger partial charge in [0.1, 0.15) is 11.6 Å². The van der Waals surface area contributed by atoms with E-state index in [1.54, 1.807) is 13.2 Å². The molecule has 27 heavy (non-hydrogen) atoms. The normalized spacial score (nSPS) is 18.2. The summed E-state index contributed by atoms with van der Waals surface area (Å²) in [7, 11) is 3.78. The van der Waals surface area contributed by atoms with Gasteiger partial charge in [-0.15, -0.1) is 0 Å². The zero-order valence-electron chi connectivity index (χ0n) is 16.0. The van der Waals surface area contributed by atoms with Gasteiger partial charge in [0.05, 0.1) is 12.8 Å². The van der Waals surface area contributed by atoms with Gasteiger partial charge in [-0.05, 0) is 51.2 Å². The molecule has 6 nitrogen and oxygen atoms in total. The number of piperidine rings is 1. The molecule has 2 aliphatic heterocycles. The van der Waals surface area contributed by atoms with Crippen LogP contribution < -0.4 is 4.74 Å². The number of ether oxygens (including phenoxy) is 1. The Morgan fingerprint density at radius 3 is 2.81 bits per heavy atom. The van der Waals surface area contributed by atoms with E-state index in [-0.39, 0.29) is 5.91 Å². The van der Waals surface area contributed by atoms with Crippen molar-refractivity contribution in [3.05, 3.63) is 53.1 Å². The summed E-state index contributed by atoms with van der Waals surface area (Å²) in [4.78, 5) is 26.6. The minimum atomic E-state index is 0.0268. The Hall–Kier alpha value is -2.47. The maximum Gasteiger partial charge on any atom is 0.254 e. The van der Waals surface area contributed by atoms with E-state index in [2.05, 4.69) is 16.9 Å². The van der Waals surface area contributed by atoms with E-state index in [0.29, 0.717) is 30.3 Å². The Morgan fingerprint density at radius 1 is 1.22 bits per heavy atom. The van der Waals surface area contributed by atoms with Gasteiger partial charge in [-0.2, -0.15) is 0 Å². The Balaban J connectivity index is 1.47. The summed E-state index contributed by atoms with van der Waals surface area (Å²) < 4.78 is 5.23. The lowest BCUT2D eigenvalue weighted by Crippen LogP contribution is -2.37. The Bertz CT molecular complexity index is 831. The zero-order valence-corrected chi connectivity index (χ0v) is 16.0. The average Bonchev–Trinajstić information content (AvgIpc) is 2.73. The Kier molecular flexibility index (Phi) is 5.07. The molecule has 1 saturated heterocycles. The van der Waals surface area contributed by atoms with Crippen LogP contribution in [0.2, 0.25) is 0 Å². The van der Waals surface area contributed by atoms with E-state index in [1.807, 2.05) is 29.3 Å². The maximum atomic E-state index is 12.8. The van der Waals surface area contributed by atoms with Gasteiger partial charge < -0.3 is 14.5 Å². The summed E-state index contributed by atoms with van der Waals surface area (Å²) >= 11 is 0. The van der Waals surface area contributed by atoms with Crippen molar-refractivity contribution < 1.29 is 9.53 Å². The van der Waals surface area contributed by atoms with Crippen LogP contribution in [0, 0.1) is 0 Å². The van der Waals surface area contributed by atoms with Gasteiger partial charge in [-0.25, -0.2) is 9.97 Å². The van der Waals surface area contributed by atoms with Crippen molar-refractivity contribution >= 4 is 5.91 Å². The zero-order chi connectivity index (χ0) is 18.8. The molecule has 1 aromatic heterocycles. The highest BCUT2D eigenvalue weighted by Gasteiger charge is 2.26. The fourth-order valence-electron chi connectivity index (χ4n) is 3.91. The molecule has 1 amide bonds. The second-order valence-corrected chi connectivity index (χ2v) is 7.49. The van der Waals surface area contributed by atoms with Gasteiger partial charge in [0, 0.05) is 42.8 Å². The number of methoxy groups -OCH3 is 1. The molecule has 0 atom stereocenters. The number of hydrogen-bond donors (Lipinski definition) is 0. The molecule has 0 bridgehead atoms. The Morgan fingerprint density at radius 2 is 2.04 bits per heavy atom. The fraction of sp³-hybridized carbons (Fsp3) is 0.476. The number of benzene rings is 1. The van der Waals surface area contributed by atoms with E-state index >= 15 is 0 Å². The predicted molar refractivity (Wildman–Crippen MR) is 103 cm³/mol. The monoisotopic (exact) mass is 366 g/mol. The first-order chi connectivity index (χ1) is 13.1. The van der Waals surface area contributed by atoms with Crippen LogP contribution in [-0.2, 0) is 13.0 Å². The van der Waals surface area contributed by atoms with Crippen molar-refractivity contribution in [2.24, 2.45) is 0 Å². The van der Waals surface area contributed by atoms with Crippen LogP contribution in [0.5, 0.6) is 5.75 Å². The molecular formula is C21H26N4O2. The molecule has 4 rings (SSSR count). The molecule has 1 fully saturated rings. The van der Waals surface area contributed by atoms with Gasteiger partial charge in [-0.1, -0.05) is 6.07 Å². The number of carbonyl (C=O) groups excluding carboxylic acids is 1. The average molecular weight is 366 g/mol. The molecule has 3 heterocycles. The molecule has 0 N–H and O–H groups in total. The third-order valence-electron chi connectivity index (χ3n) is 5.64. The van der Waals surface area contributed by atoms with Crippen LogP contribution in [0.1, 0.15) is 46.2 Å². The number of amides is 1. The van der Waals surface area contributed by atoms with Gasteiger partial charge in [0.25, 0.3) is 5.91 Å². The number of likely N-dealkylation sites (tertiary alicyclic amines) is 1. The molecule has 1 aromatic carbocycles. The second kappa shape index (κ2) is 7.64. The largest absolute Gasteiger partial charge is 0.497 e. The summed E-state index contributed by atoms with van der Waals surface area (Å²) in [5.74, 6) is 2.17. The predicted octanol–water partition coefficient (Wildman–Crippen LogP) is 2.49. The van der Waals surface area contributed by atoms with Crippen molar-refractivity contribution in [3.8, 4) is 5.75 Å². The number of nitrogens with zero attached hydrogens (tertiary/aromatic N) is 4. The van der Waals surface area contributed by atoms with E-state index in [1.165, 1.54) is 0 Å². The lowest BCUT2D eigenvalue weighted by molar-refractivity contribution is 0.0732. The molecule has 0 radical (unpaired) electrons. The second-order valence-electron chi connectivity index (χ2n) is 7.49. The summed E-state index contributed by atoms with van der Waals surface area (Å²) in [6, 6.07) is 7.32. The summed E-state index contributed by atoms with van der Waals surface area (Å²) in [5.41, 5.74) is 2.82. The van der Waals surface area contributed by atoms with Gasteiger partial charge in [-0.3, -0.25) is 4.79 Å². The van der Waals surface area contributed by atoms with Crippen molar-refractivity contribution in [2.45, 2.75) is 31.7 Å². The standard InChI is InChI=1S/C21H26N4O2/c1-24-9-6-15(7-10-24)20-22-13-17-14-25(11-8-19(17)23-20)21(26)16-4-3-5-18(12-16)27-2/h3-5,12-13,15H,6-11,14H2,1-2H3. The van der Waals surface area contributed by atoms with Crippen molar-refractivity contribution in [1.82, 2.24) is 19.8 Å². The molecule has 6 heteroatoms. The van der Waals surface area contributed by atoms with Crippen LogP contribution in [0.4, 0.5) is 0 Å². The lowest BCUT2D eigenvalue weighted by atomic mass is 9.95. The first-order valence-electron chi connectivity index (χ1n) is 9.60. The molecular weight excluding hydrogens is 340 g/mol. The first-order valence-corrected chi connectivity index (χ1v) is 9.60. The quantitative estimate of drug-likeness (QED) is 0.835. The van der Waals surface area contributed by atoms with E-state index in [4.69, 9.17) is 9.72 Å². The van der Waals surface area contributed by atoms with E-state index in [9.17, 15) is 4.79 Å². The van der Waals surface area contributed by atoms with E-state index < -0.39 is 0 Å². The first kappa shape index (κ1) is 17.9. The fourth-order valence-corrected chi connectivity index (χ4v) is 3.91. The van der Waals surface area contributed by atoms with Crippen LogP contribution >= 0.6 is 0 Å². The number of fused-ring (bicyclic) bond motifs is 1. The van der Waals surface area contributed by atoms with Gasteiger partial charge >= 0.3 is 0 Å². The number of hydrogen-bond acceptors (Lipinski definition) is 5. The molecule has 0 saturated carbocycles. The lowest BCUT2D eigenvalue weighted by Gasteiger charge is -2.30. The topological polar surface area (TPSA) is 58.6 Å².